The summed E-state index contributed by atoms with van der Waals surface area (Å²) >= 11 is 0. The molecule has 0 spiro atoms. The quantitative estimate of drug-likeness (QED) is 0.499. The van der Waals surface area contributed by atoms with Crippen molar-refractivity contribution < 1.29 is 23.8 Å². The van der Waals surface area contributed by atoms with Gasteiger partial charge >= 0.3 is 0 Å². The molecule has 0 saturated heterocycles. The van der Waals surface area contributed by atoms with Crippen LogP contribution in [0.3, 0.4) is 0 Å². The number of carbonyl (C=O) groups excluding carboxylic acids is 2. The SMILES string of the molecule is C=C[C@@H](OC=O)[C@H](C=O)OCc1ccc(OC)cc1. The Bertz CT molecular complexity index is 412. The van der Waals surface area contributed by atoms with Crippen molar-refractivity contribution in [3.8, 4) is 5.75 Å². The molecule has 1 aromatic carbocycles. The number of carbonyl (C=O) groups is 2. The normalized spacial score (nSPS) is 13.1. The van der Waals surface area contributed by atoms with Gasteiger partial charge in [-0.3, -0.25) is 4.79 Å². The zero-order chi connectivity index (χ0) is 14.1. The number of benzene rings is 1. The number of aldehydes is 1. The molecular formula is C14H16O5. The van der Waals surface area contributed by atoms with Crippen molar-refractivity contribution >= 4 is 12.8 Å². The molecule has 0 saturated carbocycles. The molecule has 1 aromatic rings. The highest BCUT2D eigenvalue weighted by Crippen LogP contribution is 2.13. The molecule has 0 N–H and O–H groups in total. The van der Waals surface area contributed by atoms with Gasteiger partial charge in [0.05, 0.1) is 13.7 Å². The minimum Gasteiger partial charge on any atom is -0.497 e. The summed E-state index contributed by atoms with van der Waals surface area (Å²) in [5.74, 6) is 0.740. The number of rotatable bonds is 9. The Morgan fingerprint density at radius 1 is 1.21 bits per heavy atom. The van der Waals surface area contributed by atoms with Crippen molar-refractivity contribution in [3.05, 3.63) is 42.5 Å². The van der Waals surface area contributed by atoms with E-state index in [0.717, 1.165) is 11.3 Å². The van der Waals surface area contributed by atoms with Crippen LogP contribution in [0.2, 0.25) is 0 Å². The summed E-state index contributed by atoms with van der Waals surface area (Å²) in [4.78, 5) is 21.2. The summed E-state index contributed by atoms with van der Waals surface area (Å²) in [6.45, 7) is 3.97. The highest BCUT2D eigenvalue weighted by atomic mass is 16.6. The van der Waals surface area contributed by atoms with Gasteiger partial charge in [-0.05, 0) is 23.8 Å². The maximum atomic E-state index is 10.9. The Balaban J connectivity index is 2.58. The van der Waals surface area contributed by atoms with Crippen LogP contribution in [0.1, 0.15) is 5.56 Å². The van der Waals surface area contributed by atoms with Gasteiger partial charge in [0, 0.05) is 0 Å². The Kier molecular flexibility index (Phi) is 6.32. The van der Waals surface area contributed by atoms with Crippen molar-refractivity contribution in [1.29, 1.82) is 0 Å². The van der Waals surface area contributed by atoms with E-state index in [-0.39, 0.29) is 13.1 Å². The summed E-state index contributed by atoms with van der Waals surface area (Å²) in [5.41, 5.74) is 0.876. The molecule has 5 heteroatoms. The zero-order valence-corrected chi connectivity index (χ0v) is 10.7. The first kappa shape index (κ1) is 14.9. The lowest BCUT2D eigenvalue weighted by molar-refractivity contribution is -0.142. The highest BCUT2D eigenvalue weighted by molar-refractivity contribution is 5.58. The third-order valence-corrected chi connectivity index (χ3v) is 2.50. The van der Waals surface area contributed by atoms with Gasteiger partial charge in [0.1, 0.15) is 5.75 Å². The molecule has 0 heterocycles. The van der Waals surface area contributed by atoms with Gasteiger partial charge in [-0.1, -0.05) is 18.7 Å². The minimum absolute atomic E-state index is 0.222. The Morgan fingerprint density at radius 2 is 1.89 bits per heavy atom. The van der Waals surface area contributed by atoms with Gasteiger partial charge in [0.25, 0.3) is 6.47 Å². The summed E-state index contributed by atoms with van der Waals surface area (Å²) in [7, 11) is 1.58. The van der Waals surface area contributed by atoms with Gasteiger partial charge < -0.3 is 19.0 Å². The van der Waals surface area contributed by atoms with Crippen molar-refractivity contribution in [2.75, 3.05) is 7.11 Å². The lowest BCUT2D eigenvalue weighted by Crippen LogP contribution is -2.31. The van der Waals surface area contributed by atoms with Crippen LogP contribution in [0.4, 0.5) is 0 Å². The fourth-order valence-electron chi connectivity index (χ4n) is 1.46. The van der Waals surface area contributed by atoms with E-state index in [1.807, 2.05) is 12.1 Å². The van der Waals surface area contributed by atoms with Crippen LogP contribution in [-0.4, -0.2) is 32.1 Å². The summed E-state index contributed by atoms with van der Waals surface area (Å²) < 4.78 is 15.1. The molecule has 0 aromatic heterocycles. The van der Waals surface area contributed by atoms with Gasteiger partial charge in [-0.25, -0.2) is 0 Å². The molecule has 0 radical (unpaired) electrons. The molecule has 2 atom stereocenters. The number of methoxy groups -OCH3 is 1. The van der Waals surface area contributed by atoms with E-state index in [2.05, 4.69) is 6.58 Å². The van der Waals surface area contributed by atoms with Crippen LogP contribution < -0.4 is 4.74 Å². The van der Waals surface area contributed by atoms with Crippen molar-refractivity contribution in [2.24, 2.45) is 0 Å². The molecule has 1 rings (SSSR count). The molecule has 0 aliphatic rings. The van der Waals surface area contributed by atoms with E-state index < -0.39 is 12.2 Å². The Hall–Kier alpha value is -2.14. The molecule has 0 aliphatic heterocycles. The topological polar surface area (TPSA) is 61.8 Å². The number of hydrogen-bond acceptors (Lipinski definition) is 5. The van der Waals surface area contributed by atoms with Gasteiger partial charge in [0.2, 0.25) is 0 Å². The van der Waals surface area contributed by atoms with E-state index >= 15 is 0 Å². The van der Waals surface area contributed by atoms with Gasteiger partial charge in [-0.2, -0.15) is 0 Å². The molecule has 102 valence electrons. The van der Waals surface area contributed by atoms with E-state index in [0.29, 0.717) is 6.29 Å². The molecule has 0 aliphatic carbocycles. The lowest BCUT2D eigenvalue weighted by Gasteiger charge is -2.18. The fourth-order valence-corrected chi connectivity index (χ4v) is 1.46. The van der Waals surface area contributed by atoms with Crippen LogP contribution in [-0.2, 0) is 25.7 Å². The Labute approximate surface area is 111 Å². The van der Waals surface area contributed by atoms with Crippen LogP contribution >= 0.6 is 0 Å². The zero-order valence-electron chi connectivity index (χ0n) is 10.7. The number of hydrogen-bond donors (Lipinski definition) is 0. The first-order chi connectivity index (χ1) is 9.24. The molecule has 0 fully saturated rings. The van der Waals surface area contributed by atoms with E-state index in [4.69, 9.17) is 14.2 Å². The molecule has 19 heavy (non-hydrogen) atoms. The minimum atomic E-state index is -0.871. The second-order valence-corrected chi connectivity index (χ2v) is 3.69. The predicted molar refractivity (Wildman–Crippen MR) is 68.8 cm³/mol. The smallest absolute Gasteiger partial charge is 0.293 e. The van der Waals surface area contributed by atoms with Crippen LogP contribution in [0.15, 0.2) is 36.9 Å². The monoisotopic (exact) mass is 264 g/mol. The lowest BCUT2D eigenvalue weighted by atomic mass is 10.2. The average molecular weight is 264 g/mol. The average Bonchev–Trinajstić information content (AvgIpc) is 2.47. The van der Waals surface area contributed by atoms with Gasteiger partial charge in [0.15, 0.2) is 18.5 Å². The van der Waals surface area contributed by atoms with E-state index in [9.17, 15) is 9.59 Å². The second kappa shape index (κ2) is 8.05. The Morgan fingerprint density at radius 3 is 2.37 bits per heavy atom. The highest BCUT2D eigenvalue weighted by Gasteiger charge is 2.20. The third-order valence-electron chi connectivity index (χ3n) is 2.50. The molecule has 0 unspecified atom stereocenters. The summed E-state index contributed by atoms with van der Waals surface area (Å²) in [6.07, 6.45) is 0.277. The summed E-state index contributed by atoms with van der Waals surface area (Å²) in [6, 6.07) is 7.23. The van der Waals surface area contributed by atoms with Crippen molar-refractivity contribution in [2.45, 2.75) is 18.8 Å². The molecule has 0 bridgehead atoms. The molecule has 5 nitrogen and oxygen atoms in total. The third kappa shape index (κ3) is 4.56. The van der Waals surface area contributed by atoms with Crippen LogP contribution in [0.5, 0.6) is 5.75 Å². The maximum Gasteiger partial charge on any atom is 0.293 e. The maximum absolute atomic E-state index is 10.9. The largest absolute Gasteiger partial charge is 0.497 e. The molecule has 0 amide bonds. The standard InChI is InChI=1S/C14H16O5/c1-3-13(19-10-16)14(8-15)18-9-11-4-6-12(17-2)7-5-11/h3-8,10,13-14H,1,9H2,2H3/t13-,14+/m1/s1. The first-order valence-electron chi connectivity index (χ1n) is 5.66. The van der Waals surface area contributed by atoms with Crippen LogP contribution in [0.25, 0.3) is 0 Å². The van der Waals surface area contributed by atoms with E-state index in [1.165, 1.54) is 6.08 Å². The molecular weight excluding hydrogens is 248 g/mol. The fraction of sp³-hybridized carbons (Fsp3) is 0.286. The first-order valence-corrected chi connectivity index (χ1v) is 5.66. The van der Waals surface area contributed by atoms with Crippen molar-refractivity contribution in [1.82, 2.24) is 0 Å². The number of ether oxygens (including phenoxy) is 3. The van der Waals surface area contributed by atoms with Crippen LogP contribution in [0, 0.1) is 0 Å². The van der Waals surface area contributed by atoms with E-state index in [1.54, 1.807) is 19.2 Å². The van der Waals surface area contributed by atoms with Gasteiger partial charge in [-0.15, -0.1) is 0 Å². The second-order valence-electron chi connectivity index (χ2n) is 3.69. The predicted octanol–water partition coefficient (Wildman–Crippen LogP) is 1.51. The summed E-state index contributed by atoms with van der Waals surface area (Å²) in [5, 5.41) is 0. The van der Waals surface area contributed by atoms with Crippen molar-refractivity contribution in [3.63, 3.8) is 0 Å².